The van der Waals surface area contributed by atoms with Gasteiger partial charge in [0.15, 0.2) is 0 Å². The molecule has 0 aliphatic rings. The summed E-state index contributed by atoms with van der Waals surface area (Å²) in [5.41, 5.74) is 1.99. The van der Waals surface area contributed by atoms with Gasteiger partial charge in [-0.1, -0.05) is 32.9 Å². The van der Waals surface area contributed by atoms with Crippen LogP contribution >= 0.6 is 0 Å². The smallest absolute Gasteiger partial charge is 0.226 e. The molecule has 104 valence electrons. The number of carbonyl (C=O) groups is 2. The summed E-state index contributed by atoms with van der Waals surface area (Å²) < 4.78 is 0. The van der Waals surface area contributed by atoms with Crippen LogP contribution < -0.4 is 5.32 Å². The number of benzene rings is 1. The standard InChI is InChI=1S/C16H23NO2/c1-4-15(18)10-6-8-13-7-5-9-14(11-13)17-16(19)12(2)3/h5,7,9,11-12H,4,6,8,10H2,1-3H3,(H,17,19). The largest absolute Gasteiger partial charge is 0.326 e. The van der Waals surface area contributed by atoms with Crippen LogP contribution in [-0.2, 0) is 16.0 Å². The molecule has 0 saturated carbocycles. The van der Waals surface area contributed by atoms with Crippen LogP contribution in [0.25, 0.3) is 0 Å². The minimum Gasteiger partial charge on any atom is -0.326 e. The number of rotatable bonds is 7. The van der Waals surface area contributed by atoms with Gasteiger partial charge in [0.2, 0.25) is 5.91 Å². The molecule has 0 spiro atoms. The summed E-state index contributed by atoms with van der Waals surface area (Å²) in [7, 11) is 0. The van der Waals surface area contributed by atoms with Crippen molar-refractivity contribution >= 4 is 17.4 Å². The molecule has 1 N–H and O–H groups in total. The Morgan fingerprint density at radius 2 is 2.00 bits per heavy atom. The first kappa shape index (κ1) is 15.4. The van der Waals surface area contributed by atoms with Gasteiger partial charge in [-0.3, -0.25) is 9.59 Å². The monoisotopic (exact) mass is 261 g/mol. The zero-order valence-electron chi connectivity index (χ0n) is 12.0. The number of hydrogen-bond acceptors (Lipinski definition) is 2. The molecule has 1 rings (SSSR count). The number of carbonyl (C=O) groups excluding carboxylic acids is 2. The highest BCUT2D eigenvalue weighted by Gasteiger charge is 2.07. The van der Waals surface area contributed by atoms with Crippen LogP contribution in [0.4, 0.5) is 5.69 Å². The first-order valence-electron chi connectivity index (χ1n) is 6.94. The number of Topliss-reactive ketones (excluding diaryl/α,β-unsaturated/α-hetero) is 1. The zero-order valence-corrected chi connectivity index (χ0v) is 12.0. The lowest BCUT2D eigenvalue weighted by Gasteiger charge is -2.09. The fraction of sp³-hybridized carbons (Fsp3) is 0.500. The second-order valence-corrected chi connectivity index (χ2v) is 5.09. The van der Waals surface area contributed by atoms with Crippen molar-refractivity contribution in [2.45, 2.75) is 46.5 Å². The average molecular weight is 261 g/mol. The Hall–Kier alpha value is -1.64. The molecule has 3 nitrogen and oxygen atoms in total. The van der Waals surface area contributed by atoms with E-state index in [-0.39, 0.29) is 11.8 Å². The molecule has 0 unspecified atom stereocenters. The molecule has 3 heteroatoms. The maximum atomic E-state index is 11.6. The van der Waals surface area contributed by atoms with Crippen LogP contribution in [0.2, 0.25) is 0 Å². The molecule has 0 bridgehead atoms. The Morgan fingerprint density at radius 3 is 2.63 bits per heavy atom. The normalized spacial score (nSPS) is 10.5. The number of amides is 1. The molecule has 0 radical (unpaired) electrons. The number of hydrogen-bond donors (Lipinski definition) is 1. The van der Waals surface area contributed by atoms with Crippen LogP contribution in [0.15, 0.2) is 24.3 Å². The van der Waals surface area contributed by atoms with E-state index in [0.29, 0.717) is 18.6 Å². The topological polar surface area (TPSA) is 46.2 Å². The quantitative estimate of drug-likeness (QED) is 0.815. The predicted octanol–water partition coefficient (Wildman–Crippen LogP) is 3.58. The molecular weight excluding hydrogens is 238 g/mol. The van der Waals surface area contributed by atoms with Crippen LogP contribution in [0.1, 0.15) is 45.6 Å². The summed E-state index contributed by atoms with van der Waals surface area (Å²) in [5, 5.41) is 2.89. The first-order valence-corrected chi connectivity index (χ1v) is 6.94. The van der Waals surface area contributed by atoms with Gasteiger partial charge in [0, 0.05) is 24.4 Å². The van der Waals surface area contributed by atoms with E-state index >= 15 is 0 Å². The highest BCUT2D eigenvalue weighted by atomic mass is 16.1. The van der Waals surface area contributed by atoms with Gasteiger partial charge in [-0.15, -0.1) is 0 Å². The Morgan fingerprint density at radius 1 is 1.26 bits per heavy atom. The third-order valence-corrected chi connectivity index (χ3v) is 3.03. The van der Waals surface area contributed by atoms with E-state index in [0.717, 1.165) is 24.1 Å². The molecule has 0 saturated heterocycles. The molecule has 0 fully saturated rings. The fourth-order valence-electron chi connectivity index (χ4n) is 1.76. The summed E-state index contributed by atoms with van der Waals surface area (Å²) in [6.45, 7) is 5.63. The molecule has 0 aliphatic carbocycles. The Balaban J connectivity index is 2.52. The maximum absolute atomic E-state index is 11.6. The van der Waals surface area contributed by atoms with E-state index in [4.69, 9.17) is 0 Å². The number of nitrogens with one attached hydrogen (secondary N) is 1. The van der Waals surface area contributed by atoms with E-state index in [2.05, 4.69) is 5.32 Å². The van der Waals surface area contributed by atoms with E-state index in [1.165, 1.54) is 0 Å². The summed E-state index contributed by atoms with van der Waals surface area (Å²) >= 11 is 0. The maximum Gasteiger partial charge on any atom is 0.226 e. The van der Waals surface area contributed by atoms with Gasteiger partial charge < -0.3 is 5.32 Å². The molecule has 1 aromatic rings. The summed E-state index contributed by atoms with van der Waals surface area (Å²) in [6.07, 6.45) is 2.99. The van der Waals surface area contributed by atoms with Crippen LogP contribution in [-0.4, -0.2) is 11.7 Å². The molecule has 19 heavy (non-hydrogen) atoms. The van der Waals surface area contributed by atoms with Crippen LogP contribution in [0.3, 0.4) is 0 Å². The Bertz CT molecular complexity index is 438. The van der Waals surface area contributed by atoms with E-state index < -0.39 is 0 Å². The van der Waals surface area contributed by atoms with E-state index in [1.807, 2.05) is 45.0 Å². The number of anilines is 1. The second kappa shape index (κ2) is 7.72. The number of ketones is 1. The summed E-state index contributed by atoms with van der Waals surface area (Å²) in [6, 6.07) is 7.84. The SMILES string of the molecule is CCC(=O)CCCc1cccc(NC(=O)C(C)C)c1. The first-order chi connectivity index (χ1) is 9.02. The van der Waals surface area contributed by atoms with Crippen molar-refractivity contribution in [2.75, 3.05) is 5.32 Å². The molecule has 0 atom stereocenters. The third kappa shape index (κ3) is 5.69. The van der Waals surface area contributed by atoms with Crippen molar-refractivity contribution in [1.29, 1.82) is 0 Å². The van der Waals surface area contributed by atoms with Crippen LogP contribution in [0.5, 0.6) is 0 Å². The average Bonchev–Trinajstić information content (AvgIpc) is 2.38. The molecule has 1 amide bonds. The van der Waals surface area contributed by atoms with Crippen molar-refractivity contribution in [3.8, 4) is 0 Å². The van der Waals surface area contributed by atoms with Crippen LogP contribution in [0, 0.1) is 5.92 Å². The van der Waals surface area contributed by atoms with E-state index in [9.17, 15) is 9.59 Å². The van der Waals surface area contributed by atoms with Gasteiger partial charge >= 0.3 is 0 Å². The molecular formula is C16H23NO2. The van der Waals surface area contributed by atoms with Gasteiger partial charge in [-0.25, -0.2) is 0 Å². The highest BCUT2D eigenvalue weighted by Crippen LogP contribution is 2.14. The van der Waals surface area contributed by atoms with Gasteiger partial charge in [0.05, 0.1) is 0 Å². The predicted molar refractivity (Wildman–Crippen MR) is 78.1 cm³/mol. The van der Waals surface area contributed by atoms with Crippen molar-refractivity contribution in [1.82, 2.24) is 0 Å². The summed E-state index contributed by atoms with van der Waals surface area (Å²) in [4.78, 5) is 22.8. The van der Waals surface area contributed by atoms with E-state index in [1.54, 1.807) is 0 Å². The van der Waals surface area contributed by atoms with Crippen molar-refractivity contribution < 1.29 is 9.59 Å². The molecule has 1 aromatic carbocycles. The Labute approximate surface area is 115 Å². The lowest BCUT2D eigenvalue weighted by atomic mass is 10.0. The van der Waals surface area contributed by atoms with Crippen molar-refractivity contribution in [2.24, 2.45) is 5.92 Å². The lowest BCUT2D eigenvalue weighted by Crippen LogP contribution is -2.17. The summed E-state index contributed by atoms with van der Waals surface area (Å²) in [5.74, 6) is 0.313. The molecule has 0 aromatic heterocycles. The molecule has 0 aliphatic heterocycles. The molecule has 0 heterocycles. The van der Waals surface area contributed by atoms with Crippen molar-refractivity contribution in [3.63, 3.8) is 0 Å². The minimum atomic E-state index is -0.0224. The Kier molecular flexibility index (Phi) is 6.26. The fourth-order valence-corrected chi connectivity index (χ4v) is 1.76. The van der Waals surface area contributed by atoms with Gasteiger partial charge in [-0.05, 0) is 30.5 Å². The van der Waals surface area contributed by atoms with Gasteiger partial charge in [0.1, 0.15) is 5.78 Å². The van der Waals surface area contributed by atoms with Gasteiger partial charge in [0.25, 0.3) is 0 Å². The second-order valence-electron chi connectivity index (χ2n) is 5.09. The zero-order chi connectivity index (χ0) is 14.3. The van der Waals surface area contributed by atoms with Gasteiger partial charge in [-0.2, -0.15) is 0 Å². The lowest BCUT2D eigenvalue weighted by molar-refractivity contribution is -0.119. The number of aryl methyl sites for hydroxylation is 1. The van der Waals surface area contributed by atoms with Crippen molar-refractivity contribution in [3.05, 3.63) is 29.8 Å². The minimum absolute atomic E-state index is 0.0224. The third-order valence-electron chi connectivity index (χ3n) is 3.03. The highest BCUT2D eigenvalue weighted by molar-refractivity contribution is 5.92.